The summed E-state index contributed by atoms with van der Waals surface area (Å²) in [5, 5.41) is 1.09. The SMILES string of the molecule is CCCCCCCCC(CBr)c1ccccc1C. The van der Waals surface area contributed by atoms with Gasteiger partial charge in [0.15, 0.2) is 0 Å². The smallest absolute Gasteiger partial charge is 0.0100 e. The third kappa shape index (κ3) is 5.56. The van der Waals surface area contributed by atoms with Crippen molar-refractivity contribution >= 4 is 15.9 Å². The molecule has 0 fully saturated rings. The summed E-state index contributed by atoms with van der Waals surface area (Å²) in [6, 6.07) is 8.82. The van der Waals surface area contributed by atoms with Gasteiger partial charge in [0.05, 0.1) is 0 Å². The first-order chi connectivity index (χ1) is 8.79. The van der Waals surface area contributed by atoms with Crippen LogP contribution in [0.3, 0.4) is 0 Å². The van der Waals surface area contributed by atoms with Gasteiger partial charge in [-0.2, -0.15) is 0 Å². The van der Waals surface area contributed by atoms with Crippen LogP contribution in [0, 0.1) is 6.92 Å². The van der Waals surface area contributed by atoms with Crippen molar-refractivity contribution in [3.63, 3.8) is 0 Å². The lowest BCUT2D eigenvalue weighted by molar-refractivity contribution is 0.560. The second kappa shape index (κ2) is 9.61. The lowest BCUT2D eigenvalue weighted by atomic mass is 9.91. The molecule has 0 N–H and O–H groups in total. The molecule has 0 spiro atoms. The molecule has 0 aliphatic carbocycles. The molecule has 0 amide bonds. The van der Waals surface area contributed by atoms with Crippen LogP contribution in [0.4, 0.5) is 0 Å². The summed E-state index contributed by atoms with van der Waals surface area (Å²) in [6.45, 7) is 4.51. The van der Waals surface area contributed by atoms with Crippen LogP contribution in [0.25, 0.3) is 0 Å². The molecule has 1 aromatic rings. The van der Waals surface area contributed by atoms with Gasteiger partial charge in [-0.3, -0.25) is 0 Å². The molecule has 0 radical (unpaired) electrons. The van der Waals surface area contributed by atoms with Crippen LogP contribution in [-0.2, 0) is 0 Å². The van der Waals surface area contributed by atoms with E-state index in [1.165, 1.54) is 56.1 Å². The van der Waals surface area contributed by atoms with Crippen LogP contribution in [0.2, 0.25) is 0 Å². The third-order valence-corrected chi connectivity index (χ3v) is 4.50. The van der Waals surface area contributed by atoms with Crippen LogP contribution in [0.5, 0.6) is 0 Å². The molecular formula is C17H27Br. The zero-order valence-electron chi connectivity index (χ0n) is 11.9. The van der Waals surface area contributed by atoms with Gasteiger partial charge in [0.25, 0.3) is 0 Å². The topological polar surface area (TPSA) is 0 Å². The molecule has 18 heavy (non-hydrogen) atoms. The molecule has 0 aromatic heterocycles. The Morgan fingerprint density at radius 1 is 1.00 bits per heavy atom. The van der Waals surface area contributed by atoms with Gasteiger partial charge in [-0.1, -0.05) is 85.6 Å². The van der Waals surface area contributed by atoms with E-state index in [4.69, 9.17) is 0 Å². The minimum absolute atomic E-state index is 0.692. The van der Waals surface area contributed by atoms with Crippen molar-refractivity contribution in [2.75, 3.05) is 5.33 Å². The molecule has 1 rings (SSSR count). The first-order valence-electron chi connectivity index (χ1n) is 7.41. The number of hydrogen-bond donors (Lipinski definition) is 0. The third-order valence-electron chi connectivity index (χ3n) is 3.72. The molecule has 0 heterocycles. The number of aryl methyl sites for hydroxylation is 1. The molecule has 1 heteroatoms. The van der Waals surface area contributed by atoms with E-state index in [1.807, 2.05) is 0 Å². The van der Waals surface area contributed by atoms with E-state index in [0.717, 1.165) is 5.33 Å². The van der Waals surface area contributed by atoms with E-state index in [-0.39, 0.29) is 0 Å². The predicted octanol–water partition coefficient (Wildman–Crippen LogP) is 6.22. The zero-order valence-corrected chi connectivity index (χ0v) is 13.5. The number of benzene rings is 1. The summed E-state index contributed by atoms with van der Waals surface area (Å²) >= 11 is 3.68. The van der Waals surface area contributed by atoms with E-state index in [0.29, 0.717) is 5.92 Å². The summed E-state index contributed by atoms with van der Waals surface area (Å²) < 4.78 is 0. The standard InChI is InChI=1S/C17H27Br/c1-3-4-5-6-7-8-12-16(14-18)17-13-10-9-11-15(17)2/h9-11,13,16H,3-8,12,14H2,1-2H3. The zero-order chi connectivity index (χ0) is 13.2. The van der Waals surface area contributed by atoms with E-state index in [1.54, 1.807) is 0 Å². The minimum atomic E-state index is 0.692. The number of halogens is 1. The minimum Gasteiger partial charge on any atom is -0.0921 e. The highest BCUT2D eigenvalue weighted by molar-refractivity contribution is 9.09. The molecule has 0 aliphatic heterocycles. The highest BCUT2D eigenvalue weighted by Gasteiger charge is 2.11. The Bertz CT molecular complexity index is 319. The summed E-state index contributed by atoms with van der Waals surface area (Å²) in [5.74, 6) is 0.692. The fourth-order valence-corrected chi connectivity index (χ4v) is 3.20. The highest BCUT2D eigenvalue weighted by atomic mass is 79.9. The van der Waals surface area contributed by atoms with Gasteiger partial charge in [-0.15, -0.1) is 0 Å². The molecule has 1 unspecified atom stereocenters. The lowest BCUT2D eigenvalue weighted by Crippen LogP contribution is -2.02. The molecule has 0 nitrogen and oxygen atoms in total. The summed E-state index contributed by atoms with van der Waals surface area (Å²) in [6.07, 6.45) is 9.66. The first-order valence-corrected chi connectivity index (χ1v) is 8.53. The Morgan fingerprint density at radius 3 is 2.33 bits per heavy atom. The first kappa shape index (κ1) is 15.8. The van der Waals surface area contributed by atoms with Gasteiger partial charge < -0.3 is 0 Å². The Morgan fingerprint density at radius 2 is 1.67 bits per heavy atom. The second-order valence-electron chi connectivity index (χ2n) is 5.26. The maximum atomic E-state index is 3.68. The van der Waals surface area contributed by atoms with Crippen molar-refractivity contribution in [2.45, 2.75) is 64.7 Å². The fraction of sp³-hybridized carbons (Fsp3) is 0.647. The van der Waals surface area contributed by atoms with E-state index in [9.17, 15) is 0 Å². The molecule has 102 valence electrons. The normalized spacial score (nSPS) is 12.6. The number of rotatable bonds is 9. The van der Waals surface area contributed by atoms with Gasteiger partial charge in [0, 0.05) is 5.33 Å². The van der Waals surface area contributed by atoms with Crippen molar-refractivity contribution < 1.29 is 0 Å². The van der Waals surface area contributed by atoms with Crippen LogP contribution < -0.4 is 0 Å². The summed E-state index contributed by atoms with van der Waals surface area (Å²) in [4.78, 5) is 0. The lowest BCUT2D eigenvalue weighted by Gasteiger charge is -2.16. The van der Waals surface area contributed by atoms with E-state index in [2.05, 4.69) is 54.0 Å². The van der Waals surface area contributed by atoms with Gasteiger partial charge in [-0.25, -0.2) is 0 Å². The van der Waals surface area contributed by atoms with Crippen LogP contribution in [-0.4, -0.2) is 5.33 Å². The predicted molar refractivity (Wildman–Crippen MR) is 85.7 cm³/mol. The second-order valence-corrected chi connectivity index (χ2v) is 5.91. The molecule has 1 atom stereocenters. The summed E-state index contributed by atoms with van der Waals surface area (Å²) in [7, 11) is 0. The van der Waals surface area contributed by atoms with Crippen molar-refractivity contribution in [3.05, 3.63) is 35.4 Å². The molecule has 1 aromatic carbocycles. The largest absolute Gasteiger partial charge is 0.0921 e. The number of alkyl halides is 1. The average molecular weight is 311 g/mol. The molecule has 0 bridgehead atoms. The van der Waals surface area contributed by atoms with Crippen LogP contribution in [0.1, 0.15) is 68.9 Å². The monoisotopic (exact) mass is 310 g/mol. The van der Waals surface area contributed by atoms with Crippen molar-refractivity contribution in [3.8, 4) is 0 Å². The maximum absolute atomic E-state index is 3.68. The Labute approximate surface area is 121 Å². The van der Waals surface area contributed by atoms with Crippen molar-refractivity contribution in [1.29, 1.82) is 0 Å². The van der Waals surface area contributed by atoms with Crippen LogP contribution in [0.15, 0.2) is 24.3 Å². The number of hydrogen-bond acceptors (Lipinski definition) is 0. The fourth-order valence-electron chi connectivity index (χ4n) is 2.53. The summed E-state index contributed by atoms with van der Waals surface area (Å²) in [5.41, 5.74) is 2.97. The van der Waals surface area contributed by atoms with Gasteiger partial charge in [0.2, 0.25) is 0 Å². The van der Waals surface area contributed by atoms with E-state index < -0.39 is 0 Å². The Kier molecular flexibility index (Phi) is 8.41. The van der Waals surface area contributed by atoms with Crippen molar-refractivity contribution in [1.82, 2.24) is 0 Å². The highest BCUT2D eigenvalue weighted by Crippen LogP contribution is 2.27. The van der Waals surface area contributed by atoms with Crippen molar-refractivity contribution in [2.24, 2.45) is 0 Å². The van der Waals surface area contributed by atoms with Gasteiger partial charge in [0.1, 0.15) is 0 Å². The van der Waals surface area contributed by atoms with Gasteiger partial charge >= 0.3 is 0 Å². The molecule has 0 saturated heterocycles. The van der Waals surface area contributed by atoms with Gasteiger partial charge in [-0.05, 0) is 30.4 Å². The molecule has 0 aliphatic rings. The molecule has 0 saturated carbocycles. The number of unbranched alkanes of at least 4 members (excludes halogenated alkanes) is 5. The Balaban J connectivity index is 2.32. The van der Waals surface area contributed by atoms with E-state index >= 15 is 0 Å². The maximum Gasteiger partial charge on any atom is 0.0100 e. The Hall–Kier alpha value is -0.300. The van der Waals surface area contributed by atoms with Crippen LogP contribution >= 0.6 is 15.9 Å². The average Bonchev–Trinajstić information content (AvgIpc) is 2.39. The quantitative estimate of drug-likeness (QED) is 0.375. The molecular weight excluding hydrogens is 284 g/mol.